The predicted octanol–water partition coefficient (Wildman–Crippen LogP) is 5.07. The van der Waals surface area contributed by atoms with Crippen molar-refractivity contribution in [1.82, 2.24) is 10.2 Å². The fourth-order valence-electron chi connectivity index (χ4n) is 4.95. The fourth-order valence-corrected chi connectivity index (χ4v) is 6.04. The molecule has 236 valence electrons. The number of amides is 2. The number of nitrogens with zero attached hydrogens (tertiary/aromatic N) is 2. The van der Waals surface area contributed by atoms with Gasteiger partial charge in [-0.1, -0.05) is 67.9 Å². The molecule has 1 aliphatic heterocycles. The summed E-state index contributed by atoms with van der Waals surface area (Å²) in [6, 6.07) is 21.0. The van der Waals surface area contributed by atoms with Gasteiger partial charge in [-0.25, -0.2) is 8.42 Å². The third-order valence-corrected chi connectivity index (χ3v) is 8.63. The molecule has 0 aromatic heterocycles. The maximum atomic E-state index is 14.0. The second-order valence-electron chi connectivity index (χ2n) is 11.3. The molecule has 1 N–H and O–H groups in total. The standard InChI is InChI=1S/C33H40ClN3O6S/c1-24(2)22-35-33(39)29(20-25-8-5-4-6-9-25)36(23-26-11-13-27(34)14-12-26)32(38)10-7-17-37(44(3,40)41)28-15-16-30-31(21-28)43-19-18-42-30/h4-6,8-9,11-16,21,24,29H,7,10,17-20,22-23H2,1-3H3,(H,35,39)/t29-/m0/s1. The summed E-state index contributed by atoms with van der Waals surface area (Å²) in [5.41, 5.74) is 2.18. The number of carbonyl (C=O) groups excluding carboxylic acids is 2. The Balaban J connectivity index is 1.57. The van der Waals surface area contributed by atoms with Crippen molar-refractivity contribution in [3.8, 4) is 11.5 Å². The van der Waals surface area contributed by atoms with Crippen LogP contribution in [0.25, 0.3) is 0 Å². The van der Waals surface area contributed by atoms with E-state index in [1.54, 1.807) is 35.2 Å². The first kappa shape index (κ1) is 33.1. The van der Waals surface area contributed by atoms with Gasteiger partial charge in [0.2, 0.25) is 21.8 Å². The van der Waals surface area contributed by atoms with Gasteiger partial charge in [0.1, 0.15) is 19.3 Å². The molecular weight excluding hydrogens is 602 g/mol. The smallest absolute Gasteiger partial charge is 0.243 e. The van der Waals surface area contributed by atoms with Gasteiger partial charge in [-0.3, -0.25) is 13.9 Å². The molecule has 0 spiro atoms. The Labute approximate surface area is 265 Å². The van der Waals surface area contributed by atoms with Crippen molar-refractivity contribution in [2.45, 2.75) is 45.7 Å². The zero-order valence-corrected chi connectivity index (χ0v) is 26.9. The SMILES string of the molecule is CC(C)CNC(=O)[C@H](Cc1ccccc1)N(Cc1ccc(Cl)cc1)C(=O)CCCN(c1ccc2c(c1)OCCO2)S(C)(=O)=O. The lowest BCUT2D eigenvalue weighted by Gasteiger charge is -2.32. The van der Waals surface area contributed by atoms with E-state index in [9.17, 15) is 18.0 Å². The largest absolute Gasteiger partial charge is 0.486 e. The molecule has 1 aliphatic rings. The Kier molecular flexibility index (Phi) is 11.5. The average molecular weight is 642 g/mol. The molecule has 11 heteroatoms. The summed E-state index contributed by atoms with van der Waals surface area (Å²) in [5.74, 6) is 0.778. The van der Waals surface area contributed by atoms with Gasteiger partial charge in [-0.05, 0) is 47.7 Å². The molecule has 0 unspecified atom stereocenters. The van der Waals surface area contributed by atoms with Gasteiger partial charge < -0.3 is 19.7 Å². The van der Waals surface area contributed by atoms with Gasteiger partial charge in [0.25, 0.3) is 0 Å². The van der Waals surface area contributed by atoms with Gasteiger partial charge in [-0.2, -0.15) is 0 Å². The highest BCUT2D eigenvalue weighted by molar-refractivity contribution is 7.92. The van der Waals surface area contributed by atoms with Crippen molar-refractivity contribution < 1.29 is 27.5 Å². The van der Waals surface area contributed by atoms with Crippen molar-refractivity contribution in [1.29, 1.82) is 0 Å². The van der Waals surface area contributed by atoms with Crippen LogP contribution in [0.2, 0.25) is 5.02 Å². The number of fused-ring (bicyclic) bond motifs is 1. The summed E-state index contributed by atoms with van der Waals surface area (Å²) in [6.07, 6.45) is 1.74. The van der Waals surface area contributed by atoms with Crippen LogP contribution in [0.1, 0.15) is 37.8 Å². The summed E-state index contributed by atoms with van der Waals surface area (Å²) < 4.78 is 38.1. The topological polar surface area (TPSA) is 105 Å². The Morgan fingerprint density at radius 3 is 2.27 bits per heavy atom. The lowest BCUT2D eigenvalue weighted by Crippen LogP contribution is -2.51. The summed E-state index contributed by atoms with van der Waals surface area (Å²) in [4.78, 5) is 29.2. The van der Waals surface area contributed by atoms with E-state index >= 15 is 0 Å². The molecule has 0 radical (unpaired) electrons. The number of rotatable bonds is 14. The average Bonchev–Trinajstić information content (AvgIpc) is 3.00. The third-order valence-electron chi connectivity index (χ3n) is 7.19. The van der Waals surface area contributed by atoms with Crippen LogP contribution in [0.5, 0.6) is 11.5 Å². The number of anilines is 1. The Morgan fingerprint density at radius 2 is 1.61 bits per heavy atom. The van der Waals surface area contributed by atoms with E-state index in [4.69, 9.17) is 21.1 Å². The number of halogens is 1. The van der Waals surface area contributed by atoms with E-state index in [1.807, 2.05) is 56.3 Å². The molecular formula is C33H40ClN3O6S. The minimum absolute atomic E-state index is 0.0346. The first-order chi connectivity index (χ1) is 21.0. The van der Waals surface area contributed by atoms with E-state index < -0.39 is 16.1 Å². The van der Waals surface area contributed by atoms with Crippen molar-refractivity contribution in [3.05, 3.63) is 88.9 Å². The second kappa shape index (κ2) is 15.3. The van der Waals surface area contributed by atoms with Crippen molar-refractivity contribution in [3.63, 3.8) is 0 Å². The molecule has 0 bridgehead atoms. The second-order valence-corrected chi connectivity index (χ2v) is 13.6. The van der Waals surface area contributed by atoms with Crippen LogP contribution in [-0.4, -0.2) is 63.7 Å². The number of ether oxygens (including phenoxy) is 2. The molecule has 9 nitrogen and oxygen atoms in total. The van der Waals surface area contributed by atoms with Crippen LogP contribution in [0.15, 0.2) is 72.8 Å². The van der Waals surface area contributed by atoms with Gasteiger partial charge >= 0.3 is 0 Å². The highest BCUT2D eigenvalue weighted by Crippen LogP contribution is 2.35. The fraction of sp³-hybridized carbons (Fsp3) is 0.394. The van der Waals surface area contributed by atoms with Gasteiger partial charge in [0.15, 0.2) is 11.5 Å². The summed E-state index contributed by atoms with van der Waals surface area (Å²) >= 11 is 6.11. The molecule has 1 atom stereocenters. The van der Waals surface area contributed by atoms with Crippen molar-refractivity contribution in [2.24, 2.45) is 5.92 Å². The first-order valence-electron chi connectivity index (χ1n) is 14.7. The number of sulfonamides is 1. The number of nitrogens with one attached hydrogen (secondary N) is 1. The lowest BCUT2D eigenvalue weighted by atomic mass is 10.0. The normalized spacial score (nSPS) is 13.3. The number of benzene rings is 3. The van der Waals surface area contributed by atoms with Crippen LogP contribution in [0.4, 0.5) is 5.69 Å². The lowest BCUT2D eigenvalue weighted by molar-refractivity contribution is -0.141. The number of hydrogen-bond acceptors (Lipinski definition) is 6. The molecule has 0 aliphatic carbocycles. The summed E-state index contributed by atoms with van der Waals surface area (Å²) in [5, 5.41) is 3.58. The minimum Gasteiger partial charge on any atom is -0.486 e. The summed E-state index contributed by atoms with van der Waals surface area (Å²) in [7, 11) is -3.67. The zero-order valence-electron chi connectivity index (χ0n) is 25.4. The molecule has 3 aromatic carbocycles. The predicted molar refractivity (Wildman–Crippen MR) is 173 cm³/mol. The monoisotopic (exact) mass is 641 g/mol. The zero-order chi connectivity index (χ0) is 31.7. The van der Waals surface area contributed by atoms with E-state index in [2.05, 4.69) is 5.32 Å². The maximum absolute atomic E-state index is 14.0. The van der Waals surface area contributed by atoms with Crippen LogP contribution in [-0.2, 0) is 32.6 Å². The molecule has 2 amide bonds. The van der Waals surface area contributed by atoms with E-state index in [0.717, 1.165) is 17.4 Å². The Bertz CT molecular complexity index is 1520. The molecule has 44 heavy (non-hydrogen) atoms. The van der Waals surface area contributed by atoms with Gasteiger partial charge in [0, 0.05) is 43.6 Å². The first-order valence-corrected chi connectivity index (χ1v) is 17.0. The minimum atomic E-state index is -3.67. The molecule has 0 saturated heterocycles. The molecule has 4 rings (SSSR count). The molecule has 0 fully saturated rings. The molecule has 3 aromatic rings. The van der Waals surface area contributed by atoms with Gasteiger partial charge in [0.05, 0.1) is 11.9 Å². The Hall–Kier alpha value is -3.76. The van der Waals surface area contributed by atoms with E-state index in [-0.39, 0.29) is 43.7 Å². The molecule has 0 saturated carbocycles. The highest BCUT2D eigenvalue weighted by atomic mass is 35.5. The van der Waals surface area contributed by atoms with Crippen LogP contribution in [0, 0.1) is 5.92 Å². The van der Waals surface area contributed by atoms with Crippen LogP contribution in [0.3, 0.4) is 0 Å². The third kappa shape index (κ3) is 9.37. The number of carbonyl (C=O) groups is 2. The van der Waals surface area contributed by atoms with E-state index in [0.29, 0.717) is 48.4 Å². The molecule has 1 heterocycles. The number of hydrogen-bond donors (Lipinski definition) is 1. The van der Waals surface area contributed by atoms with Crippen LogP contribution >= 0.6 is 11.6 Å². The quantitative estimate of drug-likeness (QED) is 0.264. The van der Waals surface area contributed by atoms with Crippen molar-refractivity contribution in [2.75, 3.05) is 36.9 Å². The van der Waals surface area contributed by atoms with E-state index in [1.165, 1.54) is 4.31 Å². The van der Waals surface area contributed by atoms with Crippen molar-refractivity contribution >= 4 is 39.1 Å². The maximum Gasteiger partial charge on any atom is 0.243 e. The Morgan fingerprint density at radius 1 is 0.932 bits per heavy atom. The van der Waals surface area contributed by atoms with Gasteiger partial charge in [-0.15, -0.1) is 0 Å². The summed E-state index contributed by atoms with van der Waals surface area (Å²) in [6.45, 7) is 5.57. The van der Waals surface area contributed by atoms with Crippen LogP contribution < -0.4 is 19.1 Å². The highest BCUT2D eigenvalue weighted by Gasteiger charge is 2.31.